The maximum Gasteiger partial charge on any atom is 0.225 e. The minimum absolute atomic E-state index is 0.177. The third kappa shape index (κ3) is 2.66. The Bertz CT molecular complexity index is 509. The van der Waals surface area contributed by atoms with Gasteiger partial charge in [0.05, 0.1) is 19.5 Å². The monoisotopic (exact) mass is 290 g/mol. The van der Waals surface area contributed by atoms with Crippen LogP contribution in [0.1, 0.15) is 26.2 Å². The lowest BCUT2D eigenvalue weighted by Crippen LogP contribution is -2.42. The van der Waals surface area contributed by atoms with Crippen LogP contribution in [0.5, 0.6) is 5.75 Å². The van der Waals surface area contributed by atoms with Crippen molar-refractivity contribution in [1.29, 1.82) is 0 Å². The molecule has 0 bridgehead atoms. The number of ether oxygens (including phenoxy) is 1. The van der Waals surface area contributed by atoms with Gasteiger partial charge in [0.2, 0.25) is 11.9 Å². The van der Waals surface area contributed by atoms with Crippen molar-refractivity contribution in [2.24, 2.45) is 5.41 Å². The summed E-state index contributed by atoms with van der Waals surface area (Å²) in [6, 6.07) is 0. The van der Waals surface area contributed by atoms with Crippen molar-refractivity contribution in [3.63, 3.8) is 0 Å². The predicted molar refractivity (Wildman–Crippen MR) is 79.3 cm³/mol. The molecule has 1 aromatic rings. The number of likely N-dealkylation sites (tertiary alicyclic amines) is 1. The molecule has 0 aromatic carbocycles. The van der Waals surface area contributed by atoms with Crippen LogP contribution in [-0.2, 0) is 4.79 Å². The van der Waals surface area contributed by atoms with E-state index in [-0.39, 0.29) is 5.41 Å². The molecule has 1 aromatic heterocycles. The van der Waals surface area contributed by atoms with Gasteiger partial charge in [-0.1, -0.05) is 0 Å². The molecule has 0 unspecified atom stereocenters. The number of nitrogens with zero attached hydrogens (tertiary/aromatic N) is 4. The molecule has 2 fully saturated rings. The molecule has 0 atom stereocenters. The summed E-state index contributed by atoms with van der Waals surface area (Å²) in [4.78, 5) is 24.9. The Morgan fingerprint density at radius 1 is 1.29 bits per heavy atom. The molecule has 0 saturated carbocycles. The second kappa shape index (κ2) is 5.50. The molecule has 0 aliphatic carbocycles. The third-order valence-electron chi connectivity index (χ3n) is 4.74. The van der Waals surface area contributed by atoms with Gasteiger partial charge in [0.1, 0.15) is 0 Å². The fourth-order valence-electron chi connectivity index (χ4n) is 3.36. The van der Waals surface area contributed by atoms with E-state index in [4.69, 9.17) is 4.74 Å². The van der Waals surface area contributed by atoms with Crippen LogP contribution in [0.3, 0.4) is 0 Å². The number of carbonyl (C=O) groups is 1. The van der Waals surface area contributed by atoms with Crippen molar-refractivity contribution in [1.82, 2.24) is 14.9 Å². The highest BCUT2D eigenvalue weighted by Crippen LogP contribution is 2.41. The number of piperidine rings is 1. The Hall–Kier alpha value is -1.85. The van der Waals surface area contributed by atoms with Gasteiger partial charge in [-0.3, -0.25) is 4.79 Å². The van der Waals surface area contributed by atoms with Crippen LogP contribution in [0.2, 0.25) is 0 Å². The zero-order chi connectivity index (χ0) is 14.9. The predicted octanol–water partition coefficient (Wildman–Crippen LogP) is 1.32. The number of amides is 1. The van der Waals surface area contributed by atoms with Crippen LogP contribution in [0.15, 0.2) is 12.4 Å². The Morgan fingerprint density at radius 2 is 1.95 bits per heavy atom. The zero-order valence-electron chi connectivity index (χ0n) is 12.7. The van der Waals surface area contributed by atoms with Crippen molar-refractivity contribution >= 4 is 11.9 Å². The van der Waals surface area contributed by atoms with Crippen LogP contribution >= 0.6 is 0 Å². The fourth-order valence-corrected chi connectivity index (χ4v) is 3.36. The number of carbonyl (C=O) groups excluding carboxylic acids is 1. The van der Waals surface area contributed by atoms with Crippen LogP contribution in [0.4, 0.5) is 5.95 Å². The minimum atomic E-state index is 0.177. The average Bonchev–Trinajstić information content (AvgIpc) is 2.84. The highest BCUT2D eigenvalue weighted by atomic mass is 16.5. The lowest BCUT2D eigenvalue weighted by Gasteiger charge is -2.38. The van der Waals surface area contributed by atoms with Crippen molar-refractivity contribution in [3.8, 4) is 5.75 Å². The van der Waals surface area contributed by atoms with E-state index in [9.17, 15) is 4.79 Å². The molecular weight excluding hydrogens is 268 g/mol. The zero-order valence-corrected chi connectivity index (χ0v) is 12.7. The molecule has 2 saturated heterocycles. The fraction of sp³-hybridized carbons (Fsp3) is 0.667. The third-order valence-corrected chi connectivity index (χ3v) is 4.74. The van der Waals surface area contributed by atoms with Gasteiger partial charge in [-0.2, -0.15) is 0 Å². The molecule has 0 radical (unpaired) electrons. The molecule has 6 heteroatoms. The Kier molecular flexibility index (Phi) is 3.69. The summed E-state index contributed by atoms with van der Waals surface area (Å²) < 4.78 is 5.08. The first-order valence-corrected chi connectivity index (χ1v) is 7.54. The quantitative estimate of drug-likeness (QED) is 0.840. The summed E-state index contributed by atoms with van der Waals surface area (Å²) in [7, 11) is 1.61. The summed E-state index contributed by atoms with van der Waals surface area (Å²) in [5, 5.41) is 0. The number of methoxy groups -OCH3 is 1. The van der Waals surface area contributed by atoms with Gasteiger partial charge in [0.15, 0.2) is 5.75 Å². The van der Waals surface area contributed by atoms with Gasteiger partial charge in [-0.05, 0) is 19.8 Å². The Balaban J connectivity index is 1.63. The summed E-state index contributed by atoms with van der Waals surface area (Å²) in [5.74, 6) is 1.74. The summed E-state index contributed by atoms with van der Waals surface area (Å²) >= 11 is 0. The van der Waals surface area contributed by atoms with Crippen molar-refractivity contribution in [3.05, 3.63) is 12.4 Å². The molecule has 1 spiro atoms. The van der Waals surface area contributed by atoms with E-state index in [1.54, 1.807) is 19.5 Å². The van der Waals surface area contributed by atoms with Gasteiger partial charge in [-0.25, -0.2) is 9.97 Å². The molecule has 0 N–H and O–H groups in total. The van der Waals surface area contributed by atoms with Crippen molar-refractivity contribution in [2.75, 3.05) is 38.2 Å². The average molecular weight is 290 g/mol. The maximum absolute atomic E-state index is 12.0. The maximum atomic E-state index is 12.0. The molecule has 2 aliphatic heterocycles. The largest absolute Gasteiger partial charge is 0.494 e. The number of rotatable bonds is 3. The van der Waals surface area contributed by atoms with Gasteiger partial charge >= 0.3 is 0 Å². The smallest absolute Gasteiger partial charge is 0.225 e. The number of hydrogen-bond acceptors (Lipinski definition) is 5. The second-order valence-corrected chi connectivity index (χ2v) is 5.99. The first kappa shape index (κ1) is 14.1. The van der Waals surface area contributed by atoms with E-state index in [2.05, 4.69) is 21.8 Å². The highest BCUT2D eigenvalue weighted by Gasteiger charge is 2.44. The molecule has 6 nitrogen and oxygen atoms in total. The molecule has 21 heavy (non-hydrogen) atoms. The van der Waals surface area contributed by atoms with E-state index < -0.39 is 0 Å². The van der Waals surface area contributed by atoms with Crippen LogP contribution in [-0.4, -0.2) is 54.1 Å². The van der Waals surface area contributed by atoms with Gasteiger partial charge in [0.25, 0.3) is 0 Å². The molecule has 1 amide bonds. The van der Waals surface area contributed by atoms with Crippen LogP contribution in [0, 0.1) is 5.41 Å². The lowest BCUT2D eigenvalue weighted by molar-refractivity contribution is -0.127. The van der Waals surface area contributed by atoms with E-state index in [0.717, 1.165) is 45.0 Å². The van der Waals surface area contributed by atoms with E-state index in [0.29, 0.717) is 18.1 Å². The van der Waals surface area contributed by atoms with Crippen LogP contribution < -0.4 is 9.64 Å². The Morgan fingerprint density at radius 3 is 2.48 bits per heavy atom. The topological polar surface area (TPSA) is 58.6 Å². The summed E-state index contributed by atoms with van der Waals surface area (Å²) in [6.45, 7) is 5.62. The minimum Gasteiger partial charge on any atom is -0.494 e. The molecule has 114 valence electrons. The lowest BCUT2D eigenvalue weighted by atomic mass is 9.78. The summed E-state index contributed by atoms with van der Waals surface area (Å²) in [6.07, 6.45) is 6.17. The van der Waals surface area contributed by atoms with Crippen LogP contribution in [0.25, 0.3) is 0 Å². The second-order valence-electron chi connectivity index (χ2n) is 5.99. The molecule has 2 aliphatic rings. The number of hydrogen-bond donors (Lipinski definition) is 0. The molecule has 3 rings (SSSR count). The summed E-state index contributed by atoms with van der Waals surface area (Å²) in [5.41, 5.74) is 0.177. The SMILES string of the molecule is CCN1CC2(CCN(c3ncc(OC)cn3)CC2)CC1=O. The Labute approximate surface area is 125 Å². The first-order chi connectivity index (χ1) is 10.2. The normalized spacial score (nSPS) is 21.1. The van der Waals surface area contributed by atoms with Crippen molar-refractivity contribution < 1.29 is 9.53 Å². The standard InChI is InChI=1S/C15H22N4O2/c1-3-18-11-15(8-13(18)20)4-6-19(7-5-15)14-16-9-12(21-2)10-17-14/h9-10H,3-8,11H2,1-2H3. The van der Waals surface area contributed by atoms with E-state index in [1.807, 2.05) is 4.90 Å². The van der Waals surface area contributed by atoms with Crippen molar-refractivity contribution in [2.45, 2.75) is 26.2 Å². The van der Waals surface area contributed by atoms with Gasteiger partial charge < -0.3 is 14.5 Å². The molecule has 3 heterocycles. The van der Waals surface area contributed by atoms with E-state index in [1.165, 1.54) is 0 Å². The number of anilines is 1. The first-order valence-electron chi connectivity index (χ1n) is 7.54. The number of aromatic nitrogens is 2. The highest BCUT2D eigenvalue weighted by molar-refractivity contribution is 5.79. The van der Waals surface area contributed by atoms with E-state index >= 15 is 0 Å². The van der Waals surface area contributed by atoms with Gasteiger partial charge in [0, 0.05) is 38.0 Å². The molecular formula is C15H22N4O2. The van der Waals surface area contributed by atoms with Gasteiger partial charge in [-0.15, -0.1) is 0 Å².